The van der Waals surface area contributed by atoms with Crippen LogP contribution in [0.1, 0.15) is 36.9 Å². The fourth-order valence-electron chi connectivity index (χ4n) is 3.23. The molecule has 1 N–H and O–H groups in total. The van der Waals surface area contributed by atoms with Crippen molar-refractivity contribution >= 4 is 11.6 Å². The summed E-state index contributed by atoms with van der Waals surface area (Å²) in [5.74, 6) is -0.205. The molecule has 1 aliphatic rings. The lowest BCUT2D eigenvalue weighted by Gasteiger charge is -2.32. The van der Waals surface area contributed by atoms with E-state index in [1.165, 1.54) is 16.9 Å². The van der Waals surface area contributed by atoms with Crippen LogP contribution in [0.2, 0.25) is 0 Å². The number of carbonyl (C=O) groups excluding carboxylic acids is 1. The van der Waals surface area contributed by atoms with Crippen LogP contribution in [0.3, 0.4) is 0 Å². The van der Waals surface area contributed by atoms with E-state index in [9.17, 15) is 19.3 Å². The largest absolute Gasteiger partial charge is 0.349 e. The Bertz CT molecular complexity index is 805. The molecule has 1 heterocycles. The normalized spacial score (nSPS) is 19.3. The maximum Gasteiger partial charge on any atom is 0.306 e. The predicted molar refractivity (Wildman–Crippen MR) is 88.3 cm³/mol. The van der Waals surface area contributed by atoms with Crippen molar-refractivity contribution in [2.75, 3.05) is 0 Å². The fraction of sp³-hybridized carbons (Fsp3) is 0.412. The lowest BCUT2D eigenvalue weighted by Crippen LogP contribution is -2.36. The molecule has 0 saturated heterocycles. The third-order valence-corrected chi connectivity index (χ3v) is 4.62. The number of amides is 1. The van der Waals surface area contributed by atoms with Crippen molar-refractivity contribution in [3.8, 4) is 0 Å². The molecular weight excluding hydrogens is 327 g/mol. The Labute approximate surface area is 144 Å². The van der Waals surface area contributed by atoms with E-state index in [1.54, 1.807) is 6.07 Å². The minimum absolute atomic E-state index is 0.106. The Balaban J connectivity index is 1.64. The first kappa shape index (κ1) is 17.1. The minimum Gasteiger partial charge on any atom is -0.349 e. The van der Waals surface area contributed by atoms with E-state index in [0.29, 0.717) is 12.0 Å². The number of fused-ring (bicyclic) bond motifs is 1. The van der Waals surface area contributed by atoms with E-state index in [2.05, 4.69) is 10.4 Å². The van der Waals surface area contributed by atoms with Crippen molar-refractivity contribution < 1.29 is 14.1 Å². The highest BCUT2D eigenvalue weighted by Gasteiger charge is 2.29. The maximum atomic E-state index is 14.0. The Hall–Kier alpha value is -2.77. The topological polar surface area (TPSA) is 90.1 Å². The van der Waals surface area contributed by atoms with Crippen LogP contribution >= 0.6 is 0 Å². The summed E-state index contributed by atoms with van der Waals surface area (Å²) in [5, 5.41) is 17.5. The van der Waals surface area contributed by atoms with E-state index in [0.717, 1.165) is 18.2 Å². The average molecular weight is 346 g/mol. The van der Waals surface area contributed by atoms with Gasteiger partial charge in [0.2, 0.25) is 5.91 Å². The Morgan fingerprint density at radius 2 is 2.32 bits per heavy atom. The van der Waals surface area contributed by atoms with Gasteiger partial charge in [0, 0.05) is 13.0 Å². The second-order valence-electron chi connectivity index (χ2n) is 6.34. The van der Waals surface area contributed by atoms with Gasteiger partial charge < -0.3 is 5.32 Å². The molecule has 2 unspecified atom stereocenters. The fourth-order valence-corrected chi connectivity index (χ4v) is 3.23. The molecule has 0 spiro atoms. The van der Waals surface area contributed by atoms with Gasteiger partial charge >= 0.3 is 5.69 Å². The summed E-state index contributed by atoms with van der Waals surface area (Å²) in [7, 11) is 0. The number of nitro groups is 1. The Morgan fingerprint density at radius 1 is 1.52 bits per heavy atom. The Kier molecular flexibility index (Phi) is 4.78. The third kappa shape index (κ3) is 3.67. The molecule has 3 rings (SSSR count). The number of nitrogens with one attached hydrogen (secondary N) is 1. The lowest BCUT2D eigenvalue weighted by atomic mass is 9.80. The molecule has 132 valence electrons. The van der Waals surface area contributed by atoms with Crippen LogP contribution in [0, 0.1) is 21.8 Å². The number of hydrogen-bond donors (Lipinski definition) is 1. The van der Waals surface area contributed by atoms with Gasteiger partial charge in [0.15, 0.2) is 0 Å². The van der Waals surface area contributed by atoms with Gasteiger partial charge in [-0.15, -0.1) is 0 Å². The van der Waals surface area contributed by atoms with E-state index in [4.69, 9.17) is 0 Å². The van der Waals surface area contributed by atoms with Crippen LogP contribution in [0.5, 0.6) is 0 Å². The van der Waals surface area contributed by atoms with Crippen LogP contribution in [0.4, 0.5) is 10.1 Å². The second-order valence-corrected chi connectivity index (χ2v) is 6.34. The first-order valence-electron chi connectivity index (χ1n) is 8.19. The summed E-state index contributed by atoms with van der Waals surface area (Å²) in [6.45, 7) is 2.28. The first-order chi connectivity index (χ1) is 12.0. The number of hydrogen-bond acceptors (Lipinski definition) is 4. The number of aromatic nitrogens is 2. The minimum atomic E-state index is -0.529. The van der Waals surface area contributed by atoms with Crippen LogP contribution in [0.25, 0.3) is 0 Å². The maximum absolute atomic E-state index is 14.0. The molecule has 1 aliphatic carbocycles. The predicted octanol–water partition coefficient (Wildman–Crippen LogP) is 2.76. The highest BCUT2D eigenvalue weighted by molar-refractivity contribution is 5.76. The Morgan fingerprint density at radius 3 is 3.04 bits per heavy atom. The molecule has 25 heavy (non-hydrogen) atoms. The van der Waals surface area contributed by atoms with E-state index in [1.807, 2.05) is 13.0 Å². The number of rotatable bonds is 5. The van der Waals surface area contributed by atoms with Gasteiger partial charge in [-0.3, -0.25) is 19.6 Å². The van der Waals surface area contributed by atoms with Gasteiger partial charge in [-0.25, -0.2) is 4.39 Å². The number of aryl methyl sites for hydroxylation is 1. The number of benzene rings is 1. The van der Waals surface area contributed by atoms with Crippen LogP contribution in [0.15, 0.2) is 30.6 Å². The lowest BCUT2D eigenvalue weighted by molar-refractivity contribution is -0.385. The molecule has 7 nitrogen and oxygen atoms in total. The van der Waals surface area contributed by atoms with Crippen molar-refractivity contribution in [1.82, 2.24) is 15.1 Å². The molecule has 1 amide bonds. The van der Waals surface area contributed by atoms with Crippen molar-refractivity contribution in [3.05, 3.63) is 57.7 Å². The number of halogens is 1. The summed E-state index contributed by atoms with van der Waals surface area (Å²) >= 11 is 0. The summed E-state index contributed by atoms with van der Waals surface area (Å²) in [6.07, 6.45) is 4.07. The van der Waals surface area contributed by atoms with Gasteiger partial charge in [-0.1, -0.05) is 19.1 Å². The zero-order valence-corrected chi connectivity index (χ0v) is 13.8. The van der Waals surface area contributed by atoms with E-state index >= 15 is 0 Å². The molecule has 0 radical (unpaired) electrons. The monoisotopic (exact) mass is 346 g/mol. The smallest absolute Gasteiger partial charge is 0.306 e. The van der Waals surface area contributed by atoms with Crippen LogP contribution in [-0.4, -0.2) is 20.6 Å². The van der Waals surface area contributed by atoms with Gasteiger partial charge in [0.05, 0.1) is 11.0 Å². The second kappa shape index (κ2) is 7.00. The number of carbonyl (C=O) groups is 1. The van der Waals surface area contributed by atoms with Crippen molar-refractivity contribution in [2.24, 2.45) is 5.92 Å². The van der Waals surface area contributed by atoms with E-state index < -0.39 is 4.92 Å². The summed E-state index contributed by atoms with van der Waals surface area (Å²) in [5.41, 5.74) is 1.40. The molecule has 2 atom stereocenters. The zero-order chi connectivity index (χ0) is 18.0. The molecule has 8 heteroatoms. The van der Waals surface area contributed by atoms with Gasteiger partial charge in [-0.05, 0) is 36.0 Å². The number of nitrogens with zero attached hydrogens (tertiary/aromatic N) is 3. The van der Waals surface area contributed by atoms with Gasteiger partial charge in [-0.2, -0.15) is 5.10 Å². The van der Waals surface area contributed by atoms with Crippen LogP contribution in [-0.2, 0) is 17.8 Å². The average Bonchev–Trinajstić information content (AvgIpc) is 3.05. The molecule has 0 bridgehead atoms. The summed E-state index contributed by atoms with van der Waals surface area (Å²) < 4.78 is 15.3. The molecule has 0 fully saturated rings. The van der Waals surface area contributed by atoms with E-state index in [-0.39, 0.29) is 42.3 Å². The molecule has 0 saturated carbocycles. The van der Waals surface area contributed by atoms with Crippen molar-refractivity contribution in [3.63, 3.8) is 0 Å². The molecule has 1 aromatic carbocycles. The quantitative estimate of drug-likeness (QED) is 0.666. The SMILES string of the molecule is CC1CCc2c(F)cccc2C1NC(=O)CCn1cc([N+](=O)[O-])cn1. The third-order valence-electron chi connectivity index (χ3n) is 4.62. The zero-order valence-electron chi connectivity index (χ0n) is 13.8. The summed E-state index contributed by atoms with van der Waals surface area (Å²) in [6, 6.07) is 4.74. The summed E-state index contributed by atoms with van der Waals surface area (Å²) in [4.78, 5) is 22.4. The van der Waals surface area contributed by atoms with Gasteiger partial charge in [0.25, 0.3) is 0 Å². The first-order valence-corrected chi connectivity index (χ1v) is 8.19. The standard InChI is InChI=1S/C17H19FN4O3/c1-11-5-6-13-14(3-2-4-15(13)18)17(11)20-16(23)7-8-21-10-12(9-19-21)22(24)25/h2-4,9-11,17H,5-8H2,1H3,(H,20,23). The van der Waals surface area contributed by atoms with Crippen molar-refractivity contribution in [1.29, 1.82) is 0 Å². The molecule has 0 aliphatic heterocycles. The molecule has 1 aromatic heterocycles. The van der Waals surface area contributed by atoms with Gasteiger partial charge in [0.1, 0.15) is 18.2 Å². The van der Waals surface area contributed by atoms with Crippen LogP contribution < -0.4 is 5.32 Å². The highest BCUT2D eigenvalue weighted by Crippen LogP contribution is 2.35. The highest BCUT2D eigenvalue weighted by atomic mass is 19.1. The van der Waals surface area contributed by atoms with Crippen molar-refractivity contribution in [2.45, 2.75) is 38.8 Å². The molecular formula is C17H19FN4O3. The molecule has 2 aromatic rings.